The molecule has 1 unspecified atom stereocenters. The van der Waals surface area contributed by atoms with Gasteiger partial charge in [0, 0.05) is 43.2 Å². The quantitative estimate of drug-likeness (QED) is 0.423. The number of nitrogens with zero attached hydrogens (tertiary/aromatic N) is 6. The van der Waals surface area contributed by atoms with E-state index in [0.29, 0.717) is 48.5 Å². The van der Waals surface area contributed by atoms with Gasteiger partial charge in [0.15, 0.2) is 5.65 Å². The van der Waals surface area contributed by atoms with E-state index >= 15 is 0 Å². The number of hydrogen-bond acceptors (Lipinski definition) is 9. The van der Waals surface area contributed by atoms with Gasteiger partial charge >= 0.3 is 11.2 Å². The number of hydrogen-bond donors (Lipinski definition) is 2. The average molecular weight is 473 g/mol. The van der Waals surface area contributed by atoms with Gasteiger partial charge in [-0.1, -0.05) is 0 Å². The van der Waals surface area contributed by atoms with E-state index in [-0.39, 0.29) is 11.2 Å². The third kappa shape index (κ3) is 5.69. The maximum atomic E-state index is 12.2. The number of aromatic amines is 1. The monoisotopic (exact) mass is 472 g/mol. The molecule has 1 fully saturated rings. The number of piperidine rings is 1. The fraction of sp³-hybridized carbons (Fsp3) is 0.524. The van der Waals surface area contributed by atoms with Crippen LogP contribution in [-0.4, -0.2) is 77.2 Å². The fourth-order valence-electron chi connectivity index (χ4n) is 3.58. The minimum Gasteiger partial charge on any atom is -0.609 e. The smallest absolute Gasteiger partial charge is 0.410 e. The van der Waals surface area contributed by atoms with Gasteiger partial charge in [0.25, 0.3) is 0 Å². The lowest BCUT2D eigenvalue weighted by Crippen LogP contribution is -2.42. The molecule has 12 heteroatoms. The molecule has 1 saturated heterocycles. The van der Waals surface area contributed by atoms with Crippen LogP contribution in [0.4, 0.5) is 10.7 Å². The van der Waals surface area contributed by atoms with Gasteiger partial charge in [-0.2, -0.15) is 20.1 Å². The number of anilines is 1. The predicted octanol–water partition coefficient (Wildman–Crippen LogP) is 2.61. The topological polar surface area (TPSA) is 145 Å². The average Bonchev–Trinajstić information content (AvgIpc) is 3.20. The van der Waals surface area contributed by atoms with Crippen molar-refractivity contribution < 1.29 is 14.1 Å². The number of carbonyl (C=O) groups excluding carboxylic acids is 1. The molecule has 4 rings (SSSR count). The largest absolute Gasteiger partial charge is 0.609 e. The van der Waals surface area contributed by atoms with E-state index in [1.165, 1.54) is 6.26 Å². The molecule has 1 amide bonds. The highest BCUT2D eigenvalue weighted by atomic mass is 32.2. The molecule has 1 atom stereocenters. The standard InChI is InChI=1S/C21H28N8O3S/c1-21(2,3)32-20(30)29-9-6-13(7-10-29)11-23-18-24-12-14-16(27-28-17(14)26-18)15-5-8-22-19(25-15)33(4)31/h5,8,12-13H,6-7,9-11H2,1-4H3,(H2,23,24,26,27,28). The Balaban J connectivity index is 1.35. The molecule has 33 heavy (non-hydrogen) atoms. The predicted molar refractivity (Wildman–Crippen MR) is 124 cm³/mol. The summed E-state index contributed by atoms with van der Waals surface area (Å²) in [5.74, 6) is 0.917. The van der Waals surface area contributed by atoms with Crippen molar-refractivity contribution in [2.75, 3.05) is 31.2 Å². The second-order valence-corrected chi connectivity index (χ2v) is 10.3. The van der Waals surface area contributed by atoms with Crippen molar-refractivity contribution in [3.8, 4) is 11.4 Å². The van der Waals surface area contributed by atoms with Gasteiger partial charge in [-0.15, -0.1) is 0 Å². The van der Waals surface area contributed by atoms with E-state index in [4.69, 9.17) is 4.74 Å². The first-order valence-electron chi connectivity index (χ1n) is 10.8. The zero-order valence-electron chi connectivity index (χ0n) is 19.2. The Kier molecular flexibility index (Phi) is 6.66. The van der Waals surface area contributed by atoms with Crippen LogP contribution in [0.25, 0.3) is 22.4 Å². The molecular weight excluding hydrogens is 444 g/mol. The number of carbonyl (C=O) groups is 1. The van der Waals surface area contributed by atoms with E-state index in [2.05, 4.69) is 35.5 Å². The Morgan fingerprint density at radius 1 is 1.30 bits per heavy atom. The molecule has 0 aromatic carbocycles. The number of amides is 1. The number of H-pyrrole nitrogens is 1. The summed E-state index contributed by atoms with van der Waals surface area (Å²) in [6.07, 6.45) is 6.31. The van der Waals surface area contributed by atoms with Gasteiger partial charge in [-0.25, -0.2) is 9.78 Å². The van der Waals surface area contributed by atoms with Gasteiger partial charge in [-0.05, 0) is 45.6 Å². The summed E-state index contributed by atoms with van der Waals surface area (Å²) in [4.78, 5) is 31.3. The molecule has 1 aliphatic rings. The highest BCUT2D eigenvalue weighted by Gasteiger charge is 2.27. The Morgan fingerprint density at radius 3 is 2.76 bits per heavy atom. The molecule has 3 aromatic rings. The van der Waals surface area contributed by atoms with Crippen molar-refractivity contribution >= 4 is 34.3 Å². The summed E-state index contributed by atoms with van der Waals surface area (Å²) >= 11 is -1.28. The van der Waals surface area contributed by atoms with Crippen LogP contribution in [0.3, 0.4) is 0 Å². The number of nitrogens with one attached hydrogen (secondary N) is 2. The Bertz CT molecular complexity index is 1120. The Hall–Kier alpha value is -2.99. The van der Waals surface area contributed by atoms with E-state index in [0.717, 1.165) is 18.2 Å². The van der Waals surface area contributed by atoms with Crippen LogP contribution in [-0.2, 0) is 15.9 Å². The summed E-state index contributed by atoms with van der Waals surface area (Å²) in [5, 5.41) is 11.5. The second kappa shape index (κ2) is 9.48. The lowest BCUT2D eigenvalue weighted by molar-refractivity contribution is 0.0188. The molecule has 0 bridgehead atoms. The first-order chi connectivity index (χ1) is 15.7. The van der Waals surface area contributed by atoms with Crippen LogP contribution in [0.1, 0.15) is 33.6 Å². The molecule has 1 aliphatic heterocycles. The molecule has 0 saturated carbocycles. The molecule has 11 nitrogen and oxygen atoms in total. The maximum absolute atomic E-state index is 12.2. The first-order valence-corrected chi connectivity index (χ1v) is 12.3. The molecule has 0 aliphatic carbocycles. The van der Waals surface area contributed by atoms with Crippen molar-refractivity contribution in [1.82, 2.24) is 35.0 Å². The normalized spacial score (nSPS) is 16.1. The number of rotatable bonds is 5. The zero-order valence-corrected chi connectivity index (χ0v) is 20.0. The minimum absolute atomic E-state index is 0.251. The number of fused-ring (bicyclic) bond motifs is 1. The minimum atomic E-state index is -1.28. The van der Waals surface area contributed by atoms with Crippen molar-refractivity contribution in [3.05, 3.63) is 18.5 Å². The SMILES string of the molecule is C[S+]([O-])c1nccc(-c2n[nH]c3nc(NCC4CCN(C(=O)OC(C)(C)C)CC4)ncc23)n1. The Labute approximate surface area is 194 Å². The van der Waals surface area contributed by atoms with Crippen LogP contribution in [0.2, 0.25) is 0 Å². The summed E-state index contributed by atoms with van der Waals surface area (Å²) in [7, 11) is 0. The number of likely N-dealkylation sites (tertiary alicyclic amines) is 1. The van der Waals surface area contributed by atoms with Crippen LogP contribution in [0.15, 0.2) is 23.6 Å². The van der Waals surface area contributed by atoms with Gasteiger partial charge in [0.1, 0.15) is 17.6 Å². The van der Waals surface area contributed by atoms with Crippen LogP contribution < -0.4 is 5.32 Å². The van der Waals surface area contributed by atoms with Crippen molar-refractivity contribution in [3.63, 3.8) is 0 Å². The van der Waals surface area contributed by atoms with Crippen molar-refractivity contribution in [2.45, 2.75) is 44.4 Å². The van der Waals surface area contributed by atoms with Crippen molar-refractivity contribution in [2.24, 2.45) is 5.92 Å². The fourth-order valence-corrected chi connectivity index (χ4v) is 4.02. The highest BCUT2D eigenvalue weighted by Crippen LogP contribution is 2.25. The van der Waals surface area contributed by atoms with E-state index in [1.807, 2.05) is 20.8 Å². The van der Waals surface area contributed by atoms with E-state index < -0.39 is 16.8 Å². The van der Waals surface area contributed by atoms with Crippen molar-refractivity contribution in [1.29, 1.82) is 0 Å². The summed E-state index contributed by atoms with van der Waals surface area (Å²) < 4.78 is 17.1. The maximum Gasteiger partial charge on any atom is 0.410 e. The van der Waals surface area contributed by atoms with Crippen LogP contribution >= 0.6 is 0 Å². The summed E-state index contributed by atoms with van der Waals surface area (Å²) in [5.41, 5.74) is 1.24. The molecule has 2 N–H and O–H groups in total. The zero-order chi connectivity index (χ0) is 23.6. The van der Waals surface area contributed by atoms with E-state index in [9.17, 15) is 9.35 Å². The molecule has 4 heterocycles. The lowest BCUT2D eigenvalue weighted by Gasteiger charge is -2.33. The molecule has 176 valence electrons. The second-order valence-electron chi connectivity index (χ2n) is 9.00. The van der Waals surface area contributed by atoms with Crippen LogP contribution in [0.5, 0.6) is 0 Å². The number of ether oxygens (including phenoxy) is 1. The van der Waals surface area contributed by atoms with Gasteiger partial charge < -0.3 is 19.5 Å². The molecular formula is C21H28N8O3S. The van der Waals surface area contributed by atoms with Crippen LogP contribution in [0, 0.1) is 5.92 Å². The third-order valence-electron chi connectivity index (χ3n) is 5.27. The van der Waals surface area contributed by atoms with Gasteiger partial charge in [-0.3, -0.25) is 5.10 Å². The first kappa shape index (κ1) is 23.2. The molecule has 0 spiro atoms. The number of aromatic nitrogens is 6. The highest BCUT2D eigenvalue weighted by molar-refractivity contribution is 7.90. The van der Waals surface area contributed by atoms with Gasteiger partial charge in [0.05, 0.1) is 11.1 Å². The Morgan fingerprint density at radius 2 is 2.06 bits per heavy atom. The van der Waals surface area contributed by atoms with Gasteiger partial charge in [0.2, 0.25) is 5.95 Å². The third-order valence-corrected chi connectivity index (χ3v) is 5.98. The molecule has 3 aromatic heterocycles. The lowest BCUT2D eigenvalue weighted by atomic mass is 9.97. The van der Waals surface area contributed by atoms with E-state index in [1.54, 1.807) is 23.4 Å². The summed E-state index contributed by atoms with van der Waals surface area (Å²) in [6, 6.07) is 1.71. The molecule has 0 radical (unpaired) electrons. The summed E-state index contributed by atoms with van der Waals surface area (Å²) in [6.45, 7) is 7.69.